The van der Waals surface area contributed by atoms with Gasteiger partial charge in [0.1, 0.15) is 0 Å². The Morgan fingerprint density at radius 2 is 1.85 bits per heavy atom. The number of guanidine groups is 1. The summed E-state index contributed by atoms with van der Waals surface area (Å²) in [4.78, 5) is 24.6. The molecule has 7 heteroatoms. The van der Waals surface area contributed by atoms with Crippen molar-refractivity contribution < 1.29 is 4.79 Å². The Morgan fingerprint density at radius 3 is 2.61 bits per heavy atom. The van der Waals surface area contributed by atoms with Crippen molar-refractivity contribution in [2.24, 2.45) is 4.99 Å². The van der Waals surface area contributed by atoms with Crippen molar-refractivity contribution in [1.82, 2.24) is 15.3 Å². The second-order valence-electron chi connectivity index (χ2n) is 7.55. The molecular formula is C26H24ClN5O. The molecule has 0 aliphatic carbocycles. The van der Waals surface area contributed by atoms with Crippen LogP contribution < -0.4 is 10.6 Å². The number of carbonyl (C=O) groups is 1. The summed E-state index contributed by atoms with van der Waals surface area (Å²) in [5.74, 6) is 0.110. The number of aryl methyl sites for hydroxylation is 1. The standard InChI is InChI=1S/C26H24ClN5O/c1-18-14-21(10-11-24(18)27)25(33)32-26(29-13-12-23-16-28-17-30-23)31-22-9-5-8-20(15-22)19-6-3-2-4-7-19/h2-11,14-17H,12-13H2,1H3,(H,28,30)(H2,29,31,32,33). The highest BCUT2D eigenvalue weighted by Crippen LogP contribution is 2.22. The summed E-state index contributed by atoms with van der Waals surface area (Å²) in [6.45, 7) is 2.34. The number of hydrogen-bond acceptors (Lipinski definition) is 3. The van der Waals surface area contributed by atoms with E-state index in [-0.39, 0.29) is 5.91 Å². The predicted octanol–water partition coefficient (Wildman–Crippen LogP) is 5.48. The van der Waals surface area contributed by atoms with E-state index in [2.05, 4.69) is 37.7 Å². The Kier molecular flexibility index (Phi) is 7.17. The lowest BCUT2D eigenvalue weighted by atomic mass is 10.1. The maximum absolute atomic E-state index is 12.9. The van der Waals surface area contributed by atoms with Gasteiger partial charge in [-0.3, -0.25) is 15.1 Å². The summed E-state index contributed by atoms with van der Waals surface area (Å²) in [5.41, 5.74) is 5.33. The number of aromatic amines is 1. The van der Waals surface area contributed by atoms with E-state index in [9.17, 15) is 4.79 Å². The van der Waals surface area contributed by atoms with Gasteiger partial charge in [0.25, 0.3) is 5.91 Å². The predicted molar refractivity (Wildman–Crippen MR) is 134 cm³/mol. The molecule has 3 N–H and O–H groups in total. The van der Waals surface area contributed by atoms with Gasteiger partial charge < -0.3 is 10.3 Å². The summed E-state index contributed by atoms with van der Waals surface area (Å²) in [6, 6.07) is 23.3. The SMILES string of the molecule is Cc1cc(C(=O)NC(=NCCc2cnc[nH]2)Nc2cccc(-c3ccccc3)c2)ccc1Cl. The van der Waals surface area contributed by atoms with Gasteiger partial charge in [-0.2, -0.15) is 0 Å². The fourth-order valence-electron chi connectivity index (χ4n) is 3.33. The van der Waals surface area contributed by atoms with Crippen LogP contribution in [0.3, 0.4) is 0 Å². The Hall–Kier alpha value is -3.90. The molecule has 6 nitrogen and oxygen atoms in total. The minimum absolute atomic E-state index is 0.262. The average molecular weight is 458 g/mol. The van der Waals surface area contributed by atoms with E-state index in [1.807, 2.05) is 49.4 Å². The normalized spacial score (nSPS) is 11.3. The molecule has 0 aliphatic rings. The van der Waals surface area contributed by atoms with Gasteiger partial charge in [-0.15, -0.1) is 0 Å². The van der Waals surface area contributed by atoms with Crippen molar-refractivity contribution in [2.75, 3.05) is 11.9 Å². The first-order valence-corrected chi connectivity index (χ1v) is 11.0. The maximum atomic E-state index is 12.9. The summed E-state index contributed by atoms with van der Waals surface area (Å²) < 4.78 is 0. The first-order chi connectivity index (χ1) is 16.1. The van der Waals surface area contributed by atoms with E-state index < -0.39 is 0 Å². The smallest absolute Gasteiger partial charge is 0.257 e. The quantitative estimate of drug-likeness (QED) is 0.265. The van der Waals surface area contributed by atoms with Crippen LogP contribution in [0.1, 0.15) is 21.6 Å². The number of halogens is 1. The lowest BCUT2D eigenvalue weighted by Gasteiger charge is -2.13. The number of carbonyl (C=O) groups excluding carboxylic acids is 1. The van der Waals surface area contributed by atoms with Crippen LogP contribution in [0.2, 0.25) is 5.02 Å². The fraction of sp³-hybridized carbons (Fsp3) is 0.115. The lowest BCUT2D eigenvalue weighted by molar-refractivity contribution is 0.0977. The van der Waals surface area contributed by atoms with Crippen molar-refractivity contribution in [2.45, 2.75) is 13.3 Å². The number of nitrogens with zero attached hydrogens (tertiary/aromatic N) is 2. The molecule has 0 saturated heterocycles. The second-order valence-corrected chi connectivity index (χ2v) is 7.95. The van der Waals surface area contributed by atoms with Crippen molar-refractivity contribution in [1.29, 1.82) is 0 Å². The van der Waals surface area contributed by atoms with Gasteiger partial charge in [0.05, 0.1) is 6.33 Å². The molecule has 0 unspecified atom stereocenters. The van der Waals surface area contributed by atoms with E-state index in [4.69, 9.17) is 11.6 Å². The van der Waals surface area contributed by atoms with Gasteiger partial charge >= 0.3 is 0 Å². The van der Waals surface area contributed by atoms with Crippen molar-refractivity contribution in [3.8, 4) is 11.1 Å². The van der Waals surface area contributed by atoms with Crippen LogP contribution in [0.4, 0.5) is 5.69 Å². The van der Waals surface area contributed by atoms with Gasteiger partial charge in [0, 0.05) is 41.1 Å². The minimum Gasteiger partial charge on any atom is -0.348 e. The third kappa shape index (κ3) is 6.08. The zero-order chi connectivity index (χ0) is 23.0. The number of aromatic nitrogens is 2. The molecule has 3 aromatic carbocycles. The van der Waals surface area contributed by atoms with E-state index in [0.29, 0.717) is 29.5 Å². The number of nitrogens with one attached hydrogen (secondary N) is 3. The molecule has 0 spiro atoms. The molecule has 0 fully saturated rings. The van der Waals surface area contributed by atoms with Crippen LogP contribution in [0, 0.1) is 6.92 Å². The topological polar surface area (TPSA) is 82.2 Å². The van der Waals surface area contributed by atoms with Gasteiger partial charge in [-0.1, -0.05) is 54.1 Å². The zero-order valence-electron chi connectivity index (χ0n) is 18.2. The molecule has 1 aromatic heterocycles. The number of hydrogen-bond donors (Lipinski definition) is 3. The lowest BCUT2D eigenvalue weighted by Crippen LogP contribution is -2.36. The first kappa shape index (κ1) is 22.3. The van der Waals surface area contributed by atoms with Gasteiger partial charge in [-0.25, -0.2) is 4.98 Å². The zero-order valence-corrected chi connectivity index (χ0v) is 18.9. The van der Waals surface area contributed by atoms with Crippen molar-refractivity contribution in [3.05, 3.63) is 107 Å². The Morgan fingerprint density at radius 1 is 1.03 bits per heavy atom. The van der Waals surface area contributed by atoms with Gasteiger partial charge in [-0.05, 0) is 53.9 Å². The maximum Gasteiger partial charge on any atom is 0.257 e. The summed E-state index contributed by atoms with van der Waals surface area (Å²) in [5, 5.41) is 6.78. The Balaban J connectivity index is 1.54. The molecule has 1 amide bonds. The molecule has 0 aliphatic heterocycles. The van der Waals surface area contributed by atoms with E-state index in [1.165, 1.54) is 0 Å². The number of aliphatic imine (C=N–C) groups is 1. The van der Waals surface area contributed by atoms with Gasteiger partial charge in [0.2, 0.25) is 5.96 Å². The molecule has 0 radical (unpaired) electrons. The summed E-state index contributed by atoms with van der Waals surface area (Å²) >= 11 is 6.11. The molecule has 4 rings (SSSR count). The minimum atomic E-state index is -0.262. The first-order valence-electron chi connectivity index (χ1n) is 10.6. The van der Waals surface area contributed by atoms with Crippen molar-refractivity contribution in [3.63, 3.8) is 0 Å². The monoisotopic (exact) mass is 457 g/mol. The van der Waals surface area contributed by atoms with E-state index in [0.717, 1.165) is 28.1 Å². The Labute approximate surface area is 197 Å². The largest absolute Gasteiger partial charge is 0.348 e. The van der Waals surface area contributed by atoms with E-state index in [1.54, 1.807) is 30.7 Å². The molecule has 0 saturated carbocycles. The number of anilines is 1. The van der Waals surface area contributed by atoms with Crippen LogP contribution in [-0.2, 0) is 6.42 Å². The van der Waals surface area contributed by atoms with E-state index >= 15 is 0 Å². The third-order valence-corrected chi connectivity index (χ3v) is 5.51. The fourth-order valence-corrected chi connectivity index (χ4v) is 3.45. The highest BCUT2D eigenvalue weighted by atomic mass is 35.5. The molecule has 33 heavy (non-hydrogen) atoms. The average Bonchev–Trinajstić information content (AvgIpc) is 3.35. The summed E-state index contributed by atoms with van der Waals surface area (Å²) in [7, 11) is 0. The number of benzene rings is 3. The molecular weight excluding hydrogens is 434 g/mol. The highest BCUT2D eigenvalue weighted by Gasteiger charge is 2.11. The molecule has 166 valence electrons. The number of amides is 1. The Bertz CT molecular complexity index is 1250. The summed E-state index contributed by atoms with van der Waals surface area (Å²) in [6.07, 6.45) is 4.07. The van der Waals surface area contributed by atoms with Crippen LogP contribution in [0.15, 0.2) is 90.3 Å². The van der Waals surface area contributed by atoms with Crippen LogP contribution in [-0.4, -0.2) is 28.4 Å². The van der Waals surface area contributed by atoms with Crippen molar-refractivity contribution >= 4 is 29.2 Å². The number of imidazole rings is 1. The van der Waals surface area contributed by atoms with Crippen LogP contribution in [0.25, 0.3) is 11.1 Å². The van der Waals surface area contributed by atoms with Gasteiger partial charge in [0.15, 0.2) is 0 Å². The third-order valence-electron chi connectivity index (χ3n) is 5.09. The molecule has 1 heterocycles. The molecule has 0 bridgehead atoms. The highest BCUT2D eigenvalue weighted by molar-refractivity contribution is 6.31. The van der Waals surface area contributed by atoms with Crippen LogP contribution >= 0.6 is 11.6 Å². The molecule has 4 aromatic rings. The second kappa shape index (κ2) is 10.6. The number of rotatable bonds is 6. The number of H-pyrrole nitrogens is 1. The van der Waals surface area contributed by atoms with Crippen LogP contribution in [0.5, 0.6) is 0 Å². The molecule has 0 atom stereocenters.